The number of aliphatic imine (C=N–C) groups is 1. The lowest BCUT2D eigenvalue weighted by molar-refractivity contribution is -0.113. The Balaban J connectivity index is 1.65. The Kier molecular flexibility index (Phi) is 6.07. The summed E-state index contributed by atoms with van der Waals surface area (Å²) in [6, 6.07) is 22.9. The van der Waals surface area contributed by atoms with Gasteiger partial charge in [-0.3, -0.25) is 14.7 Å². The lowest BCUT2D eigenvalue weighted by Crippen LogP contribution is -2.28. The Labute approximate surface area is 178 Å². The highest BCUT2D eigenvalue weighted by molar-refractivity contribution is 8.19. The van der Waals surface area contributed by atoms with Crippen LogP contribution in [0.1, 0.15) is 16.7 Å². The third kappa shape index (κ3) is 4.50. The van der Waals surface area contributed by atoms with E-state index in [1.165, 1.54) is 23.9 Å². The predicted octanol–water partition coefficient (Wildman–Crippen LogP) is 5.00. The first kappa shape index (κ1) is 20.1. The Morgan fingerprint density at radius 1 is 0.933 bits per heavy atom. The SMILES string of the molecule is O=C1C(=Cc2ccc(CO)cc2)SC(=NCc2ccc(F)cc2)N1c1ccccc1. The van der Waals surface area contributed by atoms with Gasteiger partial charge in [0.1, 0.15) is 5.82 Å². The van der Waals surface area contributed by atoms with Crippen molar-refractivity contribution in [3.8, 4) is 0 Å². The van der Waals surface area contributed by atoms with Crippen LogP contribution in [0.5, 0.6) is 0 Å². The molecule has 1 amide bonds. The van der Waals surface area contributed by atoms with Crippen LogP contribution in [0.4, 0.5) is 10.1 Å². The molecule has 1 heterocycles. The molecule has 0 bridgehead atoms. The number of thioether (sulfide) groups is 1. The fraction of sp³-hybridized carbons (Fsp3) is 0.0833. The van der Waals surface area contributed by atoms with Crippen molar-refractivity contribution in [2.75, 3.05) is 4.90 Å². The van der Waals surface area contributed by atoms with Gasteiger partial charge in [0.15, 0.2) is 5.17 Å². The first-order valence-electron chi connectivity index (χ1n) is 9.42. The van der Waals surface area contributed by atoms with Crippen LogP contribution in [0, 0.1) is 5.82 Å². The number of amides is 1. The Hall–Kier alpha value is -3.22. The van der Waals surface area contributed by atoms with Crippen LogP contribution >= 0.6 is 11.8 Å². The number of para-hydroxylation sites is 1. The first-order valence-corrected chi connectivity index (χ1v) is 10.2. The van der Waals surface area contributed by atoms with E-state index in [-0.39, 0.29) is 18.3 Å². The number of anilines is 1. The van der Waals surface area contributed by atoms with Gasteiger partial charge in [0.2, 0.25) is 0 Å². The summed E-state index contributed by atoms with van der Waals surface area (Å²) < 4.78 is 13.2. The van der Waals surface area contributed by atoms with Gasteiger partial charge >= 0.3 is 0 Å². The first-order chi connectivity index (χ1) is 14.6. The Morgan fingerprint density at radius 3 is 2.27 bits per heavy atom. The number of nitrogens with zero attached hydrogens (tertiary/aromatic N) is 2. The third-order valence-electron chi connectivity index (χ3n) is 4.59. The molecule has 1 N–H and O–H groups in total. The average Bonchev–Trinajstić information content (AvgIpc) is 3.09. The van der Waals surface area contributed by atoms with Gasteiger partial charge in [-0.15, -0.1) is 0 Å². The monoisotopic (exact) mass is 418 g/mol. The number of halogens is 1. The largest absolute Gasteiger partial charge is 0.392 e. The predicted molar refractivity (Wildman–Crippen MR) is 119 cm³/mol. The molecule has 0 saturated carbocycles. The zero-order valence-electron chi connectivity index (χ0n) is 16.0. The summed E-state index contributed by atoms with van der Waals surface area (Å²) in [6.45, 7) is 0.324. The maximum atomic E-state index is 13.2. The molecule has 4 rings (SSSR count). The van der Waals surface area contributed by atoms with E-state index >= 15 is 0 Å². The molecule has 0 atom stereocenters. The van der Waals surface area contributed by atoms with Crippen molar-refractivity contribution < 1.29 is 14.3 Å². The molecule has 1 aliphatic rings. The molecule has 0 spiro atoms. The normalized spacial score (nSPS) is 16.6. The van der Waals surface area contributed by atoms with Crippen molar-refractivity contribution in [1.29, 1.82) is 0 Å². The second kappa shape index (κ2) is 9.07. The fourth-order valence-electron chi connectivity index (χ4n) is 3.00. The Morgan fingerprint density at radius 2 is 1.60 bits per heavy atom. The summed E-state index contributed by atoms with van der Waals surface area (Å²) in [5.41, 5.74) is 3.29. The highest BCUT2D eigenvalue weighted by Gasteiger charge is 2.34. The van der Waals surface area contributed by atoms with Gasteiger partial charge in [-0.25, -0.2) is 4.39 Å². The van der Waals surface area contributed by atoms with Crippen LogP contribution in [0.3, 0.4) is 0 Å². The van der Waals surface area contributed by atoms with E-state index < -0.39 is 0 Å². The maximum Gasteiger partial charge on any atom is 0.271 e. The molecule has 0 unspecified atom stereocenters. The molecule has 0 aliphatic carbocycles. The van der Waals surface area contributed by atoms with E-state index in [4.69, 9.17) is 0 Å². The van der Waals surface area contributed by atoms with Gasteiger partial charge in [0, 0.05) is 0 Å². The lowest BCUT2D eigenvalue weighted by atomic mass is 10.1. The van der Waals surface area contributed by atoms with Crippen molar-refractivity contribution in [2.24, 2.45) is 4.99 Å². The number of rotatable bonds is 5. The number of benzene rings is 3. The topological polar surface area (TPSA) is 52.9 Å². The molecule has 30 heavy (non-hydrogen) atoms. The lowest BCUT2D eigenvalue weighted by Gasteiger charge is -2.15. The molecule has 150 valence electrons. The molecule has 4 nitrogen and oxygen atoms in total. The molecule has 1 saturated heterocycles. The van der Waals surface area contributed by atoms with Gasteiger partial charge < -0.3 is 5.11 Å². The molecule has 3 aromatic carbocycles. The number of carbonyl (C=O) groups excluding carboxylic acids is 1. The van der Waals surface area contributed by atoms with Crippen LogP contribution in [0.25, 0.3) is 6.08 Å². The van der Waals surface area contributed by atoms with Crippen LogP contribution < -0.4 is 4.90 Å². The number of hydrogen-bond acceptors (Lipinski definition) is 4. The molecule has 0 aromatic heterocycles. The molecule has 3 aromatic rings. The summed E-state index contributed by atoms with van der Waals surface area (Å²) >= 11 is 1.31. The highest BCUT2D eigenvalue weighted by Crippen LogP contribution is 2.36. The van der Waals surface area contributed by atoms with Gasteiger partial charge in [0.25, 0.3) is 5.91 Å². The van der Waals surface area contributed by atoms with E-state index in [1.807, 2.05) is 60.7 Å². The smallest absolute Gasteiger partial charge is 0.271 e. The molecular formula is C24H19FN2O2S. The van der Waals surface area contributed by atoms with E-state index in [0.717, 1.165) is 22.4 Å². The van der Waals surface area contributed by atoms with E-state index in [2.05, 4.69) is 4.99 Å². The number of carbonyl (C=O) groups is 1. The fourth-order valence-corrected chi connectivity index (χ4v) is 3.98. The molecule has 1 aliphatic heterocycles. The standard InChI is InChI=1S/C24H19FN2O2S/c25-20-12-10-18(11-13-20)15-26-24-27(21-4-2-1-3-5-21)23(29)22(30-24)14-17-6-8-19(16-28)9-7-17/h1-14,28H,15-16H2. The minimum atomic E-state index is -0.292. The van der Waals surface area contributed by atoms with Crippen molar-refractivity contribution in [3.63, 3.8) is 0 Å². The zero-order valence-corrected chi connectivity index (χ0v) is 16.8. The minimum Gasteiger partial charge on any atom is -0.392 e. The second-order valence-electron chi connectivity index (χ2n) is 6.71. The van der Waals surface area contributed by atoms with Crippen molar-refractivity contribution >= 4 is 34.6 Å². The summed E-state index contributed by atoms with van der Waals surface area (Å²) in [6.07, 6.45) is 1.82. The van der Waals surface area contributed by atoms with Crippen LogP contribution in [0.2, 0.25) is 0 Å². The maximum absolute atomic E-state index is 13.2. The molecule has 1 fully saturated rings. The van der Waals surface area contributed by atoms with Crippen LogP contribution in [-0.2, 0) is 17.9 Å². The number of aliphatic hydroxyl groups is 1. The quantitative estimate of drug-likeness (QED) is 0.594. The minimum absolute atomic E-state index is 0.0213. The van der Waals surface area contributed by atoms with Gasteiger partial charge in [-0.05, 0) is 58.8 Å². The van der Waals surface area contributed by atoms with Crippen molar-refractivity contribution in [3.05, 3.63) is 106 Å². The third-order valence-corrected chi connectivity index (χ3v) is 5.60. The molecular weight excluding hydrogens is 399 g/mol. The zero-order chi connectivity index (χ0) is 20.9. The van der Waals surface area contributed by atoms with Crippen molar-refractivity contribution in [2.45, 2.75) is 13.2 Å². The van der Waals surface area contributed by atoms with Crippen molar-refractivity contribution in [1.82, 2.24) is 0 Å². The number of aliphatic hydroxyl groups excluding tert-OH is 1. The summed E-state index contributed by atoms with van der Waals surface area (Å²) in [5, 5.41) is 9.78. The molecule has 0 radical (unpaired) electrons. The van der Waals surface area contributed by atoms with Crippen LogP contribution in [0.15, 0.2) is 88.8 Å². The van der Waals surface area contributed by atoms with Crippen LogP contribution in [-0.4, -0.2) is 16.2 Å². The van der Waals surface area contributed by atoms with E-state index in [0.29, 0.717) is 16.6 Å². The molecule has 6 heteroatoms. The van der Waals surface area contributed by atoms with Gasteiger partial charge in [-0.2, -0.15) is 0 Å². The van der Waals surface area contributed by atoms with Gasteiger partial charge in [-0.1, -0.05) is 54.6 Å². The van der Waals surface area contributed by atoms with E-state index in [1.54, 1.807) is 17.0 Å². The Bertz CT molecular complexity index is 1090. The summed E-state index contributed by atoms with van der Waals surface area (Å²) in [5.74, 6) is -0.435. The number of hydrogen-bond donors (Lipinski definition) is 1. The average molecular weight is 418 g/mol. The van der Waals surface area contributed by atoms with Gasteiger partial charge in [0.05, 0.1) is 23.7 Å². The van der Waals surface area contributed by atoms with E-state index in [9.17, 15) is 14.3 Å². The summed E-state index contributed by atoms with van der Waals surface area (Å²) in [7, 11) is 0. The second-order valence-corrected chi connectivity index (χ2v) is 7.72. The highest BCUT2D eigenvalue weighted by atomic mass is 32.2. The number of amidine groups is 1. The summed E-state index contributed by atoms with van der Waals surface area (Å²) in [4.78, 5) is 20.0.